The Labute approximate surface area is 103 Å². The monoisotopic (exact) mass is 238 g/mol. The van der Waals surface area contributed by atoms with Gasteiger partial charge in [0.25, 0.3) is 0 Å². The van der Waals surface area contributed by atoms with Crippen molar-refractivity contribution in [3.63, 3.8) is 0 Å². The van der Waals surface area contributed by atoms with Gasteiger partial charge < -0.3 is 9.84 Å². The van der Waals surface area contributed by atoms with E-state index in [1.165, 1.54) is 5.57 Å². The van der Waals surface area contributed by atoms with Crippen LogP contribution in [-0.2, 0) is 9.53 Å². The molecule has 3 atom stereocenters. The van der Waals surface area contributed by atoms with Crippen molar-refractivity contribution < 1.29 is 14.6 Å². The molecule has 1 aliphatic heterocycles. The Morgan fingerprint density at radius 2 is 2.06 bits per heavy atom. The number of ether oxygens (including phenoxy) is 1. The molecule has 0 aliphatic carbocycles. The second-order valence-electron chi connectivity index (χ2n) is 5.02. The Balaban J connectivity index is 2.32. The lowest BCUT2D eigenvalue weighted by molar-refractivity contribution is -0.143. The molecule has 0 aromatic rings. The summed E-state index contributed by atoms with van der Waals surface area (Å²) in [6.45, 7) is 11.5. The molecule has 0 spiro atoms. The van der Waals surface area contributed by atoms with Gasteiger partial charge in [0, 0.05) is 6.42 Å². The van der Waals surface area contributed by atoms with E-state index in [0.717, 1.165) is 24.8 Å². The Morgan fingerprint density at radius 3 is 2.53 bits per heavy atom. The van der Waals surface area contributed by atoms with Crippen LogP contribution in [0.4, 0.5) is 0 Å². The van der Waals surface area contributed by atoms with Crippen LogP contribution >= 0.6 is 0 Å². The predicted molar refractivity (Wildman–Crippen MR) is 67.5 cm³/mol. The maximum absolute atomic E-state index is 11.3. The average Bonchev–Trinajstić information content (AvgIpc) is 2.46. The summed E-state index contributed by atoms with van der Waals surface area (Å²) < 4.78 is 5.12. The third-order valence-corrected chi connectivity index (χ3v) is 3.16. The first-order chi connectivity index (χ1) is 7.91. The molecule has 0 aromatic carbocycles. The second-order valence-corrected chi connectivity index (χ2v) is 5.02. The van der Waals surface area contributed by atoms with Gasteiger partial charge in [-0.2, -0.15) is 0 Å². The lowest BCUT2D eigenvalue weighted by Gasteiger charge is -2.15. The highest BCUT2D eigenvalue weighted by Gasteiger charge is 2.40. The SMILES string of the molecule is C=C(C)CCCC(=C)C[C@@H]1OC(=O)[C@H](C)[C@@H]1O. The van der Waals surface area contributed by atoms with Gasteiger partial charge in [0.15, 0.2) is 0 Å². The fraction of sp³-hybridized carbons (Fsp3) is 0.643. The molecule has 0 radical (unpaired) electrons. The molecule has 0 saturated carbocycles. The van der Waals surface area contributed by atoms with Crippen LogP contribution in [0.15, 0.2) is 24.3 Å². The zero-order valence-electron chi connectivity index (χ0n) is 10.7. The fourth-order valence-corrected chi connectivity index (χ4v) is 1.98. The summed E-state index contributed by atoms with van der Waals surface area (Å²) in [6.07, 6.45) is 2.36. The van der Waals surface area contributed by atoms with Crippen molar-refractivity contribution in [2.75, 3.05) is 0 Å². The lowest BCUT2D eigenvalue weighted by atomic mass is 9.96. The van der Waals surface area contributed by atoms with Crippen molar-refractivity contribution in [3.8, 4) is 0 Å². The Bertz CT molecular complexity index is 319. The van der Waals surface area contributed by atoms with Crippen LogP contribution in [0.25, 0.3) is 0 Å². The second kappa shape index (κ2) is 6.01. The zero-order valence-corrected chi connectivity index (χ0v) is 10.7. The number of hydrogen-bond acceptors (Lipinski definition) is 3. The quantitative estimate of drug-likeness (QED) is 0.571. The molecule has 0 unspecified atom stereocenters. The molecule has 0 aromatic heterocycles. The molecule has 1 rings (SSSR count). The van der Waals surface area contributed by atoms with Gasteiger partial charge in [-0.25, -0.2) is 0 Å². The summed E-state index contributed by atoms with van der Waals surface area (Å²) in [6, 6.07) is 0. The molecule has 0 amide bonds. The van der Waals surface area contributed by atoms with Gasteiger partial charge in [-0.05, 0) is 33.1 Å². The largest absolute Gasteiger partial charge is 0.459 e. The Hall–Kier alpha value is -1.09. The van der Waals surface area contributed by atoms with Crippen molar-refractivity contribution in [1.29, 1.82) is 0 Å². The summed E-state index contributed by atoms with van der Waals surface area (Å²) in [5, 5.41) is 9.79. The number of aliphatic hydroxyl groups is 1. The minimum atomic E-state index is -0.694. The minimum absolute atomic E-state index is 0.308. The van der Waals surface area contributed by atoms with Gasteiger partial charge in [0.1, 0.15) is 12.2 Å². The Kier molecular flexibility index (Phi) is 4.94. The molecule has 96 valence electrons. The van der Waals surface area contributed by atoms with E-state index in [9.17, 15) is 9.90 Å². The van der Waals surface area contributed by atoms with Crippen LogP contribution in [-0.4, -0.2) is 23.3 Å². The lowest BCUT2D eigenvalue weighted by Crippen LogP contribution is -2.25. The molecule has 1 fully saturated rings. The van der Waals surface area contributed by atoms with E-state index in [-0.39, 0.29) is 5.97 Å². The fourth-order valence-electron chi connectivity index (χ4n) is 1.98. The average molecular weight is 238 g/mol. The van der Waals surface area contributed by atoms with E-state index >= 15 is 0 Å². The van der Waals surface area contributed by atoms with Crippen LogP contribution in [0.2, 0.25) is 0 Å². The number of rotatable bonds is 6. The Morgan fingerprint density at radius 1 is 1.41 bits per heavy atom. The van der Waals surface area contributed by atoms with Crippen LogP contribution in [0.3, 0.4) is 0 Å². The first-order valence-electron chi connectivity index (χ1n) is 6.11. The minimum Gasteiger partial charge on any atom is -0.459 e. The van der Waals surface area contributed by atoms with E-state index in [1.54, 1.807) is 6.92 Å². The standard InChI is InChI=1S/C14H22O3/c1-9(2)6-5-7-10(3)8-12-13(15)11(4)14(16)17-12/h11-13,15H,1,3,5-8H2,2,4H3/t11-,12+,13+/m1/s1. The number of hydrogen-bond donors (Lipinski definition) is 1. The number of aliphatic hydroxyl groups excluding tert-OH is 1. The van der Waals surface area contributed by atoms with E-state index in [1.807, 2.05) is 6.92 Å². The highest BCUT2D eigenvalue weighted by Crippen LogP contribution is 2.27. The van der Waals surface area contributed by atoms with Gasteiger partial charge in [-0.15, -0.1) is 6.58 Å². The van der Waals surface area contributed by atoms with Gasteiger partial charge in [0.05, 0.1) is 5.92 Å². The number of cyclic esters (lactones) is 1. The number of carbonyl (C=O) groups excluding carboxylic acids is 1. The molecular weight excluding hydrogens is 216 g/mol. The smallest absolute Gasteiger partial charge is 0.311 e. The first-order valence-corrected chi connectivity index (χ1v) is 6.11. The molecule has 1 heterocycles. The van der Waals surface area contributed by atoms with Crippen molar-refractivity contribution in [2.45, 2.75) is 51.7 Å². The number of carbonyl (C=O) groups is 1. The molecule has 1 aliphatic rings. The van der Waals surface area contributed by atoms with Crippen molar-refractivity contribution >= 4 is 5.97 Å². The highest BCUT2D eigenvalue weighted by atomic mass is 16.6. The van der Waals surface area contributed by atoms with Gasteiger partial charge in [-0.1, -0.05) is 17.7 Å². The number of esters is 1. The highest BCUT2D eigenvalue weighted by molar-refractivity contribution is 5.75. The van der Waals surface area contributed by atoms with Crippen LogP contribution in [0.1, 0.15) is 39.5 Å². The van der Waals surface area contributed by atoms with Crippen LogP contribution in [0, 0.1) is 5.92 Å². The van der Waals surface area contributed by atoms with Crippen LogP contribution < -0.4 is 0 Å². The van der Waals surface area contributed by atoms with E-state index in [4.69, 9.17) is 4.74 Å². The summed E-state index contributed by atoms with van der Waals surface area (Å²) in [4.78, 5) is 11.3. The molecule has 1 saturated heterocycles. The summed E-state index contributed by atoms with van der Waals surface area (Å²) in [5.74, 6) is -0.722. The van der Waals surface area contributed by atoms with Crippen LogP contribution in [0.5, 0.6) is 0 Å². The summed E-state index contributed by atoms with van der Waals surface area (Å²) in [7, 11) is 0. The summed E-state index contributed by atoms with van der Waals surface area (Å²) >= 11 is 0. The normalized spacial score (nSPS) is 27.9. The third kappa shape index (κ3) is 4.00. The van der Waals surface area contributed by atoms with Crippen molar-refractivity contribution in [1.82, 2.24) is 0 Å². The topological polar surface area (TPSA) is 46.5 Å². The van der Waals surface area contributed by atoms with E-state index in [0.29, 0.717) is 6.42 Å². The van der Waals surface area contributed by atoms with E-state index in [2.05, 4.69) is 13.2 Å². The predicted octanol–water partition coefficient (Wildman–Crippen LogP) is 2.60. The van der Waals surface area contributed by atoms with Gasteiger partial charge >= 0.3 is 5.97 Å². The van der Waals surface area contributed by atoms with E-state index < -0.39 is 18.1 Å². The number of allylic oxidation sites excluding steroid dienone is 1. The molecule has 1 N–H and O–H groups in total. The maximum Gasteiger partial charge on any atom is 0.311 e. The van der Waals surface area contributed by atoms with Gasteiger partial charge in [0.2, 0.25) is 0 Å². The molecule has 3 nitrogen and oxygen atoms in total. The summed E-state index contributed by atoms with van der Waals surface area (Å²) in [5.41, 5.74) is 2.19. The molecule has 3 heteroatoms. The van der Waals surface area contributed by atoms with Crippen molar-refractivity contribution in [3.05, 3.63) is 24.3 Å². The molecular formula is C14H22O3. The molecule has 0 bridgehead atoms. The van der Waals surface area contributed by atoms with Crippen molar-refractivity contribution in [2.24, 2.45) is 5.92 Å². The first kappa shape index (κ1) is 14.0. The van der Waals surface area contributed by atoms with Gasteiger partial charge in [-0.3, -0.25) is 4.79 Å². The third-order valence-electron chi connectivity index (χ3n) is 3.16. The zero-order chi connectivity index (χ0) is 13.0. The molecule has 17 heavy (non-hydrogen) atoms. The maximum atomic E-state index is 11.3.